The van der Waals surface area contributed by atoms with Crippen molar-refractivity contribution in [2.75, 3.05) is 5.75 Å². The van der Waals surface area contributed by atoms with Gasteiger partial charge in [-0.2, -0.15) is 0 Å². The third-order valence-corrected chi connectivity index (χ3v) is 5.63. The first-order valence-electron chi connectivity index (χ1n) is 7.56. The van der Waals surface area contributed by atoms with Crippen LogP contribution in [0, 0.1) is 5.92 Å². The number of thioether (sulfide) groups is 1. The van der Waals surface area contributed by atoms with Gasteiger partial charge in [-0.15, -0.1) is 0 Å². The molecule has 1 aromatic heterocycles. The van der Waals surface area contributed by atoms with E-state index in [1.165, 1.54) is 37.0 Å². The van der Waals surface area contributed by atoms with E-state index in [9.17, 15) is 0 Å². The van der Waals surface area contributed by atoms with Crippen molar-refractivity contribution in [1.82, 2.24) is 10.3 Å². The fourth-order valence-electron chi connectivity index (χ4n) is 3.37. The van der Waals surface area contributed by atoms with E-state index in [4.69, 9.17) is 4.99 Å². The van der Waals surface area contributed by atoms with Gasteiger partial charge >= 0.3 is 0 Å². The summed E-state index contributed by atoms with van der Waals surface area (Å²) in [7, 11) is 0. The van der Waals surface area contributed by atoms with Crippen molar-refractivity contribution in [3.63, 3.8) is 0 Å². The second-order valence-corrected chi connectivity index (χ2v) is 7.25. The minimum atomic E-state index is 0.198. The fourth-order valence-corrected chi connectivity index (χ4v) is 4.64. The molecule has 3 rings (SSSR count). The van der Waals surface area contributed by atoms with Crippen molar-refractivity contribution in [2.45, 2.75) is 51.1 Å². The van der Waals surface area contributed by atoms with Crippen molar-refractivity contribution in [3.05, 3.63) is 30.1 Å². The molecule has 0 aromatic carbocycles. The van der Waals surface area contributed by atoms with E-state index in [0.717, 1.165) is 11.1 Å². The van der Waals surface area contributed by atoms with Gasteiger partial charge in [0.15, 0.2) is 5.17 Å². The maximum atomic E-state index is 4.86. The Labute approximate surface area is 125 Å². The number of nitrogens with one attached hydrogen (secondary N) is 1. The molecule has 4 heteroatoms. The summed E-state index contributed by atoms with van der Waals surface area (Å²) in [5.74, 6) is 2.02. The standard InChI is InChI=1S/C16H23N3S/c1-12-4-3-7-16(10-12)11-20-15(19-16)18-13(2)14-5-8-17-9-6-14/h5-6,8-9,12-13H,3-4,7,10-11H2,1-2H3,(H,18,19). The molecule has 20 heavy (non-hydrogen) atoms. The van der Waals surface area contributed by atoms with Gasteiger partial charge < -0.3 is 5.32 Å². The Morgan fingerprint density at radius 3 is 3.00 bits per heavy atom. The molecule has 2 heterocycles. The van der Waals surface area contributed by atoms with Crippen LogP contribution in [0.3, 0.4) is 0 Å². The highest BCUT2D eigenvalue weighted by Crippen LogP contribution is 2.39. The Morgan fingerprint density at radius 2 is 2.25 bits per heavy atom. The van der Waals surface area contributed by atoms with Gasteiger partial charge in [0, 0.05) is 23.7 Å². The third kappa shape index (κ3) is 3.00. The van der Waals surface area contributed by atoms with Crippen LogP contribution in [0.2, 0.25) is 0 Å². The normalized spacial score (nSPS) is 33.3. The lowest BCUT2D eigenvalue weighted by Crippen LogP contribution is -2.47. The lowest BCUT2D eigenvalue weighted by Gasteiger charge is -2.36. The summed E-state index contributed by atoms with van der Waals surface area (Å²) in [6.07, 6.45) is 9.00. The van der Waals surface area contributed by atoms with E-state index in [-0.39, 0.29) is 6.04 Å². The molecule has 3 atom stereocenters. The van der Waals surface area contributed by atoms with Gasteiger partial charge in [-0.3, -0.25) is 9.98 Å². The van der Waals surface area contributed by atoms with Crippen molar-refractivity contribution in [1.29, 1.82) is 0 Å². The smallest absolute Gasteiger partial charge is 0.157 e. The molecule has 3 unspecified atom stereocenters. The number of pyridine rings is 1. The Bertz CT molecular complexity index is 488. The number of rotatable bonds is 2. The molecule has 1 spiro atoms. The molecule has 1 saturated heterocycles. The average Bonchev–Trinajstić information content (AvgIpc) is 2.82. The van der Waals surface area contributed by atoms with Crippen LogP contribution >= 0.6 is 11.8 Å². The average molecular weight is 289 g/mol. The fraction of sp³-hybridized carbons (Fsp3) is 0.625. The van der Waals surface area contributed by atoms with Crippen LogP contribution < -0.4 is 5.32 Å². The predicted octanol–water partition coefficient (Wildman–Crippen LogP) is 3.78. The maximum Gasteiger partial charge on any atom is 0.157 e. The number of amidine groups is 1. The quantitative estimate of drug-likeness (QED) is 0.900. The van der Waals surface area contributed by atoms with Crippen molar-refractivity contribution >= 4 is 16.9 Å². The summed E-state index contributed by atoms with van der Waals surface area (Å²) in [6.45, 7) is 4.53. The summed E-state index contributed by atoms with van der Waals surface area (Å²) >= 11 is 1.90. The lowest BCUT2D eigenvalue weighted by atomic mass is 9.78. The number of aromatic nitrogens is 1. The molecule has 3 nitrogen and oxygen atoms in total. The van der Waals surface area contributed by atoms with Gasteiger partial charge in [0.05, 0.1) is 6.04 Å². The van der Waals surface area contributed by atoms with Crippen LogP contribution in [-0.2, 0) is 0 Å². The number of hydrogen-bond acceptors (Lipinski definition) is 3. The summed E-state index contributed by atoms with van der Waals surface area (Å²) in [5.41, 5.74) is 1.55. The van der Waals surface area contributed by atoms with E-state index in [1.807, 2.05) is 36.3 Å². The summed E-state index contributed by atoms with van der Waals surface area (Å²) in [4.78, 5) is 8.93. The molecule has 2 fully saturated rings. The zero-order valence-corrected chi connectivity index (χ0v) is 13.1. The maximum absolute atomic E-state index is 4.86. The Morgan fingerprint density at radius 1 is 1.45 bits per heavy atom. The van der Waals surface area contributed by atoms with Gasteiger partial charge in [-0.05, 0) is 43.4 Å². The lowest BCUT2D eigenvalue weighted by molar-refractivity contribution is 0.242. The highest BCUT2D eigenvalue weighted by atomic mass is 32.2. The van der Waals surface area contributed by atoms with Gasteiger partial charge in [0.2, 0.25) is 0 Å². The molecule has 1 N–H and O–H groups in total. The highest BCUT2D eigenvalue weighted by molar-refractivity contribution is 8.14. The van der Waals surface area contributed by atoms with Crippen LogP contribution in [0.25, 0.3) is 0 Å². The Hall–Kier alpha value is -1.03. The van der Waals surface area contributed by atoms with Gasteiger partial charge in [0.25, 0.3) is 0 Å². The molecule has 0 amide bonds. The van der Waals surface area contributed by atoms with Crippen LogP contribution in [0.1, 0.15) is 51.1 Å². The zero-order chi connectivity index (χ0) is 14.0. The first kappa shape index (κ1) is 13.9. The van der Waals surface area contributed by atoms with E-state index in [0.29, 0.717) is 5.54 Å². The molecule has 0 radical (unpaired) electrons. The van der Waals surface area contributed by atoms with Crippen LogP contribution in [0.15, 0.2) is 29.5 Å². The Balaban J connectivity index is 1.69. The summed E-state index contributed by atoms with van der Waals surface area (Å²) < 4.78 is 0. The minimum absolute atomic E-state index is 0.198. The molecular weight excluding hydrogens is 266 g/mol. The first-order chi connectivity index (χ1) is 9.67. The number of aliphatic imine (C=N–C) groups is 1. The molecule has 0 bridgehead atoms. The number of hydrogen-bond donors (Lipinski definition) is 1. The molecule has 1 aromatic rings. The van der Waals surface area contributed by atoms with E-state index < -0.39 is 0 Å². The van der Waals surface area contributed by atoms with Crippen molar-refractivity contribution < 1.29 is 0 Å². The van der Waals surface area contributed by atoms with Crippen molar-refractivity contribution in [3.8, 4) is 0 Å². The SMILES string of the molecule is CC1CCCC2(CSC(=NC(C)c3ccncc3)N2)C1. The molecule has 108 valence electrons. The van der Waals surface area contributed by atoms with Gasteiger partial charge in [0.1, 0.15) is 0 Å². The molecule has 2 aliphatic rings. The van der Waals surface area contributed by atoms with Crippen molar-refractivity contribution in [2.24, 2.45) is 10.9 Å². The Kier molecular flexibility index (Phi) is 4.01. The second kappa shape index (κ2) is 5.76. The monoisotopic (exact) mass is 289 g/mol. The van der Waals surface area contributed by atoms with Gasteiger partial charge in [-0.25, -0.2) is 0 Å². The van der Waals surface area contributed by atoms with Gasteiger partial charge in [-0.1, -0.05) is 31.5 Å². The molecule has 1 aliphatic carbocycles. The molecule has 1 saturated carbocycles. The molecule has 1 aliphatic heterocycles. The summed E-state index contributed by atoms with van der Waals surface area (Å²) in [6, 6.07) is 4.30. The van der Waals surface area contributed by atoms with E-state index in [2.05, 4.69) is 24.1 Å². The second-order valence-electron chi connectivity index (χ2n) is 6.29. The van der Waals surface area contributed by atoms with Crippen LogP contribution in [0.5, 0.6) is 0 Å². The predicted molar refractivity (Wildman–Crippen MR) is 86.0 cm³/mol. The van der Waals surface area contributed by atoms with E-state index in [1.54, 1.807) is 0 Å². The van der Waals surface area contributed by atoms with Crippen LogP contribution in [0.4, 0.5) is 0 Å². The third-order valence-electron chi connectivity index (χ3n) is 4.45. The highest BCUT2D eigenvalue weighted by Gasteiger charge is 2.40. The largest absolute Gasteiger partial charge is 0.359 e. The molecular formula is C16H23N3S. The topological polar surface area (TPSA) is 37.3 Å². The summed E-state index contributed by atoms with van der Waals surface area (Å²) in [5, 5.41) is 4.86. The minimum Gasteiger partial charge on any atom is -0.359 e. The van der Waals surface area contributed by atoms with Crippen LogP contribution in [-0.4, -0.2) is 21.4 Å². The first-order valence-corrected chi connectivity index (χ1v) is 8.54. The number of nitrogens with zero attached hydrogens (tertiary/aromatic N) is 2. The zero-order valence-electron chi connectivity index (χ0n) is 12.3. The van der Waals surface area contributed by atoms with E-state index >= 15 is 0 Å².